The topological polar surface area (TPSA) is 75.3 Å². The summed E-state index contributed by atoms with van der Waals surface area (Å²) in [4.78, 5) is 38.9. The molecule has 4 aromatic rings. The van der Waals surface area contributed by atoms with Crippen LogP contribution in [0.4, 0.5) is 5.69 Å². The molecule has 2 N–H and O–H groups in total. The van der Waals surface area contributed by atoms with Crippen LogP contribution in [0.15, 0.2) is 109 Å². The molecule has 0 unspecified atom stereocenters. The number of carbonyl (C=O) groups excluding carboxylic acids is 3. The quantitative estimate of drug-likeness (QED) is 0.153. The van der Waals surface area contributed by atoms with Gasteiger partial charge >= 0.3 is 0 Å². The lowest BCUT2D eigenvalue weighted by molar-refractivity contribution is -0.113. The molecule has 206 valence electrons. The number of rotatable bonds is 9. The maximum atomic E-state index is 13.3. The Balaban J connectivity index is 1.51. The summed E-state index contributed by atoms with van der Waals surface area (Å²) in [6.07, 6.45) is 4.64. The summed E-state index contributed by atoms with van der Waals surface area (Å²) in [5.74, 6) is -0.775. The van der Waals surface area contributed by atoms with E-state index in [2.05, 4.69) is 24.5 Å². The predicted octanol–water partition coefficient (Wildman–Crippen LogP) is 8.42. The molecule has 0 aromatic heterocycles. The van der Waals surface area contributed by atoms with Gasteiger partial charge < -0.3 is 10.6 Å². The van der Waals surface area contributed by atoms with Crippen LogP contribution in [-0.4, -0.2) is 17.6 Å². The van der Waals surface area contributed by atoms with Gasteiger partial charge in [0.2, 0.25) is 0 Å². The first-order chi connectivity index (χ1) is 19.7. The van der Waals surface area contributed by atoms with Crippen molar-refractivity contribution in [2.24, 2.45) is 0 Å². The van der Waals surface area contributed by atoms with Crippen LogP contribution in [-0.2, 0) is 4.79 Å². The SMILES string of the molecule is CC(C)c1ccc(/C=C(\NC(=O)c2ccccc2)C(=O)Nc2ccc(C(=O)/C=C/c3cccc(Cl)c3Cl)cc2)cc1. The zero-order valence-corrected chi connectivity index (χ0v) is 24.0. The molecule has 0 radical (unpaired) electrons. The third-order valence-electron chi connectivity index (χ3n) is 6.27. The second-order valence-electron chi connectivity index (χ2n) is 9.57. The number of allylic oxidation sites excluding steroid dienone is 1. The van der Waals surface area contributed by atoms with Crippen LogP contribution >= 0.6 is 23.2 Å². The Labute approximate surface area is 249 Å². The highest BCUT2D eigenvalue weighted by atomic mass is 35.5. The lowest BCUT2D eigenvalue weighted by atomic mass is 10.0. The van der Waals surface area contributed by atoms with E-state index >= 15 is 0 Å². The maximum absolute atomic E-state index is 13.3. The molecule has 0 aliphatic rings. The van der Waals surface area contributed by atoms with Crippen molar-refractivity contribution in [2.45, 2.75) is 19.8 Å². The van der Waals surface area contributed by atoms with Gasteiger partial charge in [-0.15, -0.1) is 0 Å². The van der Waals surface area contributed by atoms with Crippen LogP contribution in [0.3, 0.4) is 0 Å². The zero-order valence-electron chi connectivity index (χ0n) is 22.5. The summed E-state index contributed by atoms with van der Waals surface area (Å²) in [6.45, 7) is 4.21. The van der Waals surface area contributed by atoms with Crippen LogP contribution in [0.25, 0.3) is 12.2 Å². The number of halogens is 2. The van der Waals surface area contributed by atoms with Gasteiger partial charge in [0.05, 0.1) is 10.0 Å². The lowest BCUT2D eigenvalue weighted by Gasteiger charge is -2.12. The second-order valence-corrected chi connectivity index (χ2v) is 10.4. The number of ketones is 1. The Kier molecular flexibility index (Phi) is 9.91. The largest absolute Gasteiger partial charge is 0.321 e. The highest BCUT2D eigenvalue weighted by Gasteiger charge is 2.15. The molecule has 5 nitrogen and oxygen atoms in total. The van der Waals surface area contributed by atoms with Crippen molar-refractivity contribution >= 4 is 58.6 Å². The van der Waals surface area contributed by atoms with Crippen molar-refractivity contribution < 1.29 is 14.4 Å². The van der Waals surface area contributed by atoms with E-state index in [0.717, 1.165) is 5.56 Å². The summed E-state index contributed by atoms with van der Waals surface area (Å²) in [6, 6.07) is 28.1. The average Bonchev–Trinajstić information content (AvgIpc) is 2.98. The van der Waals surface area contributed by atoms with Gasteiger partial charge in [-0.05, 0) is 83.3 Å². The fourth-order valence-corrected chi connectivity index (χ4v) is 4.28. The summed E-state index contributed by atoms with van der Waals surface area (Å²) in [5, 5.41) is 6.31. The van der Waals surface area contributed by atoms with E-state index in [4.69, 9.17) is 23.2 Å². The van der Waals surface area contributed by atoms with E-state index in [1.165, 1.54) is 11.6 Å². The van der Waals surface area contributed by atoms with Crippen molar-refractivity contribution in [3.63, 3.8) is 0 Å². The van der Waals surface area contributed by atoms with Gasteiger partial charge in [0, 0.05) is 16.8 Å². The van der Waals surface area contributed by atoms with Gasteiger partial charge in [0.25, 0.3) is 11.8 Å². The van der Waals surface area contributed by atoms with Crippen molar-refractivity contribution in [1.82, 2.24) is 5.32 Å². The number of benzene rings is 4. The van der Waals surface area contributed by atoms with Crippen LogP contribution in [0.1, 0.15) is 57.2 Å². The van der Waals surface area contributed by atoms with E-state index in [0.29, 0.717) is 38.3 Å². The molecular formula is C34H28Cl2N2O3. The summed E-state index contributed by atoms with van der Waals surface area (Å²) in [5.41, 5.74) is 3.96. The number of anilines is 1. The van der Waals surface area contributed by atoms with Crippen LogP contribution in [0, 0.1) is 0 Å². The van der Waals surface area contributed by atoms with Gasteiger partial charge in [-0.3, -0.25) is 14.4 Å². The molecule has 4 rings (SSSR count). The molecule has 4 aromatic carbocycles. The zero-order chi connectivity index (χ0) is 29.4. The lowest BCUT2D eigenvalue weighted by Crippen LogP contribution is -2.30. The van der Waals surface area contributed by atoms with E-state index in [9.17, 15) is 14.4 Å². The molecule has 2 amide bonds. The number of amides is 2. The molecule has 0 fully saturated rings. The van der Waals surface area contributed by atoms with Crippen molar-refractivity contribution in [3.05, 3.63) is 147 Å². The molecule has 0 aliphatic carbocycles. The van der Waals surface area contributed by atoms with Crippen LogP contribution < -0.4 is 10.6 Å². The van der Waals surface area contributed by atoms with Crippen molar-refractivity contribution in [1.29, 1.82) is 0 Å². The minimum atomic E-state index is -0.503. The summed E-state index contributed by atoms with van der Waals surface area (Å²) in [7, 11) is 0. The summed E-state index contributed by atoms with van der Waals surface area (Å²) >= 11 is 12.2. The van der Waals surface area contributed by atoms with Gasteiger partial charge in [-0.25, -0.2) is 0 Å². The molecule has 0 atom stereocenters. The average molecular weight is 584 g/mol. The fraction of sp³-hybridized carbons (Fsp3) is 0.0882. The second kappa shape index (κ2) is 13.8. The Hall–Kier alpha value is -4.45. The van der Waals surface area contributed by atoms with E-state index in [-0.39, 0.29) is 11.5 Å². The predicted molar refractivity (Wildman–Crippen MR) is 167 cm³/mol. The van der Waals surface area contributed by atoms with Crippen LogP contribution in [0.2, 0.25) is 10.0 Å². The highest BCUT2D eigenvalue weighted by Crippen LogP contribution is 2.26. The number of carbonyl (C=O) groups is 3. The number of hydrogen-bond donors (Lipinski definition) is 2. The molecule has 0 heterocycles. The first-order valence-corrected chi connectivity index (χ1v) is 13.7. The molecule has 41 heavy (non-hydrogen) atoms. The Morgan fingerprint density at radius 3 is 2.10 bits per heavy atom. The maximum Gasteiger partial charge on any atom is 0.272 e. The molecule has 0 saturated heterocycles. The van der Waals surface area contributed by atoms with E-state index in [1.54, 1.807) is 78.9 Å². The smallest absolute Gasteiger partial charge is 0.272 e. The van der Waals surface area contributed by atoms with Crippen molar-refractivity contribution in [2.75, 3.05) is 5.32 Å². The van der Waals surface area contributed by atoms with Crippen LogP contribution in [0.5, 0.6) is 0 Å². The van der Waals surface area contributed by atoms with Gasteiger partial charge in [0.1, 0.15) is 5.70 Å². The molecule has 7 heteroatoms. The molecular weight excluding hydrogens is 555 g/mol. The molecule has 0 saturated carbocycles. The monoisotopic (exact) mass is 582 g/mol. The summed E-state index contributed by atoms with van der Waals surface area (Å²) < 4.78 is 0. The molecule has 0 bridgehead atoms. The minimum absolute atomic E-state index is 0.0811. The minimum Gasteiger partial charge on any atom is -0.321 e. The molecule has 0 spiro atoms. The Morgan fingerprint density at radius 1 is 0.756 bits per heavy atom. The van der Waals surface area contributed by atoms with Gasteiger partial charge in [0.15, 0.2) is 5.78 Å². The first kappa shape index (κ1) is 29.5. The third kappa shape index (κ3) is 8.04. The fourth-order valence-electron chi connectivity index (χ4n) is 3.91. The Morgan fingerprint density at radius 2 is 1.44 bits per heavy atom. The normalized spacial score (nSPS) is 11.5. The van der Waals surface area contributed by atoms with Gasteiger partial charge in [-0.1, -0.05) is 91.6 Å². The van der Waals surface area contributed by atoms with E-state index in [1.807, 2.05) is 30.3 Å². The number of hydrogen-bond acceptors (Lipinski definition) is 3. The standard InChI is InChI=1S/C34H28Cl2N2O3/c1-22(2)24-13-11-23(12-14-24)21-30(38-33(40)27-7-4-3-5-8-27)34(41)37-28-18-15-25(16-19-28)31(39)20-17-26-9-6-10-29(35)32(26)36/h3-22H,1-2H3,(H,37,41)(H,38,40)/b20-17+,30-21-. The molecule has 0 aliphatic heterocycles. The van der Waals surface area contributed by atoms with Crippen molar-refractivity contribution in [3.8, 4) is 0 Å². The highest BCUT2D eigenvalue weighted by molar-refractivity contribution is 6.43. The van der Waals surface area contributed by atoms with Gasteiger partial charge in [-0.2, -0.15) is 0 Å². The van der Waals surface area contributed by atoms with E-state index < -0.39 is 11.8 Å². The third-order valence-corrected chi connectivity index (χ3v) is 7.10. The number of nitrogens with one attached hydrogen (secondary N) is 2. The first-order valence-electron chi connectivity index (χ1n) is 13.0. The Bertz CT molecular complexity index is 1610.